The molecule has 1 aliphatic rings. The molecule has 6 nitrogen and oxygen atoms in total. The van der Waals surface area contributed by atoms with Crippen molar-refractivity contribution in [3.8, 4) is 11.1 Å². The summed E-state index contributed by atoms with van der Waals surface area (Å²) < 4.78 is 0. The zero-order valence-electron chi connectivity index (χ0n) is 17.7. The Labute approximate surface area is 183 Å². The van der Waals surface area contributed by atoms with Gasteiger partial charge in [0.05, 0.1) is 11.4 Å². The number of imide groups is 2. The van der Waals surface area contributed by atoms with Gasteiger partial charge in [0, 0.05) is 37.5 Å². The van der Waals surface area contributed by atoms with Crippen LogP contribution in [0, 0.1) is 13.8 Å². The van der Waals surface area contributed by atoms with Crippen LogP contribution in [0.5, 0.6) is 0 Å². The van der Waals surface area contributed by atoms with Crippen LogP contribution in [0.1, 0.15) is 38.8 Å². The van der Waals surface area contributed by atoms with E-state index in [1.165, 1.54) is 27.7 Å². The highest BCUT2D eigenvalue weighted by Crippen LogP contribution is 2.53. The Morgan fingerprint density at radius 2 is 0.900 bits per heavy atom. The van der Waals surface area contributed by atoms with Gasteiger partial charge in [0.15, 0.2) is 0 Å². The van der Waals surface area contributed by atoms with E-state index in [2.05, 4.69) is 0 Å². The third-order valence-corrected chi connectivity index (χ3v) is 7.29. The summed E-state index contributed by atoms with van der Waals surface area (Å²) in [6, 6.07) is 7.59. The van der Waals surface area contributed by atoms with Crippen molar-refractivity contribution in [1.29, 1.82) is 0 Å². The van der Waals surface area contributed by atoms with Gasteiger partial charge in [-0.15, -0.1) is 0 Å². The van der Waals surface area contributed by atoms with Crippen molar-refractivity contribution in [3.63, 3.8) is 0 Å². The fourth-order valence-corrected chi connectivity index (χ4v) is 6.11. The molecule has 8 heteroatoms. The molecule has 3 rings (SSSR count). The molecule has 0 unspecified atom stereocenters. The van der Waals surface area contributed by atoms with Crippen molar-refractivity contribution < 1.29 is 19.2 Å². The molecule has 0 radical (unpaired) electrons. The minimum Gasteiger partial charge on any atom is -0.274 e. The summed E-state index contributed by atoms with van der Waals surface area (Å²) in [6.45, 7) is 9.16. The maximum atomic E-state index is 12.1. The van der Waals surface area contributed by atoms with Crippen molar-refractivity contribution >= 4 is 56.6 Å². The molecule has 1 aliphatic heterocycles. The van der Waals surface area contributed by atoms with E-state index in [4.69, 9.17) is 0 Å². The van der Waals surface area contributed by atoms with Crippen LogP contribution >= 0.6 is 21.6 Å². The number of benzene rings is 2. The average Bonchev–Trinajstić information content (AvgIpc) is 2.62. The molecular weight excluding hydrogens is 420 g/mol. The van der Waals surface area contributed by atoms with Crippen LogP contribution in [0.4, 0.5) is 11.4 Å². The van der Waals surface area contributed by atoms with E-state index in [1.807, 2.05) is 38.1 Å². The first kappa shape index (κ1) is 22.1. The lowest BCUT2D eigenvalue weighted by atomic mass is 9.99. The van der Waals surface area contributed by atoms with Gasteiger partial charge >= 0.3 is 0 Å². The number of carbonyl (C=O) groups is 4. The number of carbonyl (C=O) groups excluding carboxylic acids is 4. The normalized spacial score (nSPS) is 11.9. The zero-order chi connectivity index (χ0) is 22.3. The first-order valence-corrected chi connectivity index (χ1v) is 11.4. The molecule has 2 aromatic carbocycles. The van der Waals surface area contributed by atoms with Gasteiger partial charge in [-0.3, -0.25) is 29.0 Å². The predicted octanol–water partition coefficient (Wildman–Crippen LogP) is 4.88. The van der Waals surface area contributed by atoms with Crippen LogP contribution in [-0.4, -0.2) is 23.6 Å². The highest BCUT2D eigenvalue weighted by atomic mass is 33.1. The summed E-state index contributed by atoms with van der Waals surface area (Å²) in [6.07, 6.45) is 0. The predicted molar refractivity (Wildman–Crippen MR) is 121 cm³/mol. The highest BCUT2D eigenvalue weighted by molar-refractivity contribution is 8.76. The molecular formula is C22H22N2O4S2. The number of hydrogen-bond donors (Lipinski definition) is 0. The van der Waals surface area contributed by atoms with Gasteiger partial charge in [-0.1, -0.05) is 21.6 Å². The monoisotopic (exact) mass is 442 g/mol. The SMILES string of the molecule is CC(=O)N(C(C)=O)c1cc2c(cc1C)SSc1cc(C)c(N(C(C)=O)C(C)=O)cc1-2. The second-order valence-corrected chi connectivity index (χ2v) is 9.40. The van der Waals surface area contributed by atoms with E-state index in [-0.39, 0.29) is 23.6 Å². The molecule has 0 saturated heterocycles. The number of aryl methyl sites for hydroxylation is 2. The van der Waals surface area contributed by atoms with Gasteiger partial charge in [-0.25, -0.2) is 0 Å². The van der Waals surface area contributed by atoms with Crippen LogP contribution in [-0.2, 0) is 19.2 Å². The maximum absolute atomic E-state index is 12.1. The molecule has 0 fully saturated rings. The van der Waals surface area contributed by atoms with Gasteiger partial charge in [-0.05, 0) is 60.4 Å². The van der Waals surface area contributed by atoms with E-state index in [0.29, 0.717) is 11.4 Å². The third-order valence-electron chi connectivity index (χ3n) is 4.85. The van der Waals surface area contributed by atoms with Gasteiger partial charge in [-0.2, -0.15) is 0 Å². The van der Waals surface area contributed by atoms with Gasteiger partial charge in [0.25, 0.3) is 0 Å². The minimum atomic E-state index is -0.354. The van der Waals surface area contributed by atoms with Crippen molar-refractivity contribution in [3.05, 3.63) is 35.4 Å². The Kier molecular flexibility index (Phi) is 6.10. The standard InChI is InChI=1S/C22H22N2O4S2/c1-11-7-21-17(9-19(11)23(13(3)25)14(4)26)18-10-20(24(15(5)27)16(6)28)12(2)8-22(18)30-29-21/h7-10H,1-6H3. The summed E-state index contributed by atoms with van der Waals surface area (Å²) in [5.41, 5.74) is 4.41. The van der Waals surface area contributed by atoms with Gasteiger partial charge in [0.2, 0.25) is 23.6 Å². The number of fused-ring (bicyclic) bond motifs is 3. The smallest absolute Gasteiger partial charge is 0.230 e. The van der Waals surface area contributed by atoms with Crippen molar-refractivity contribution in [2.75, 3.05) is 9.80 Å². The van der Waals surface area contributed by atoms with Gasteiger partial charge < -0.3 is 0 Å². The lowest BCUT2D eigenvalue weighted by Crippen LogP contribution is -2.34. The lowest BCUT2D eigenvalue weighted by Gasteiger charge is -2.27. The maximum Gasteiger partial charge on any atom is 0.230 e. The Hall–Kier alpha value is -2.58. The Bertz CT molecular complexity index is 995. The van der Waals surface area contributed by atoms with Gasteiger partial charge in [0.1, 0.15) is 0 Å². The van der Waals surface area contributed by atoms with E-state index in [0.717, 1.165) is 41.8 Å². The second kappa shape index (κ2) is 8.28. The summed E-state index contributed by atoms with van der Waals surface area (Å²) in [5.74, 6) is -1.42. The van der Waals surface area contributed by atoms with E-state index >= 15 is 0 Å². The first-order chi connectivity index (χ1) is 14.0. The molecule has 0 N–H and O–H groups in total. The van der Waals surface area contributed by atoms with E-state index in [1.54, 1.807) is 21.6 Å². The number of anilines is 2. The fourth-order valence-electron chi connectivity index (χ4n) is 3.59. The minimum absolute atomic E-state index is 0.354. The van der Waals surface area contributed by atoms with Crippen LogP contribution in [0.15, 0.2) is 34.1 Å². The molecule has 0 bridgehead atoms. The topological polar surface area (TPSA) is 74.8 Å². The second-order valence-electron chi connectivity index (χ2n) is 7.18. The fraction of sp³-hybridized carbons (Fsp3) is 0.273. The molecule has 4 amide bonds. The third kappa shape index (κ3) is 3.89. The Morgan fingerprint density at radius 1 is 0.600 bits per heavy atom. The number of rotatable bonds is 2. The molecule has 0 atom stereocenters. The Balaban J connectivity index is 2.26. The molecule has 0 spiro atoms. The zero-order valence-corrected chi connectivity index (χ0v) is 19.3. The molecule has 0 aliphatic carbocycles. The Morgan fingerprint density at radius 3 is 1.17 bits per heavy atom. The van der Waals surface area contributed by atoms with E-state index in [9.17, 15) is 19.2 Å². The van der Waals surface area contributed by atoms with Crippen LogP contribution < -0.4 is 9.80 Å². The van der Waals surface area contributed by atoms with Crippen molar-refractivity contribution in [2.45, 2.75) is 51.3 Å². The average molecular weight is 443 g/mol. The number of amides is 4. The van der Waals surface area contributed by atoms with Crippen molar-refractivity contribution in [1.82, 2.24) is 0 Å². The quantitative estimate of drug-likeness (QED) is 0.617. The highest BCUT2D eigenvalue weighted by Gasteiger charge is 2.27. The van der Waals surface area contributed by atoms with Crippen LogP contribution in [0.2, 0.25) is 0 Å². The number of hydrogen-bond acceptors (Lipinski definition) is 6. The largest absolute Gasteiger partial charge is 0.274 e. The van der Waals surface area contributed by atoms with E-state index < -0.39 is 0 Å². The molecule has 0 aromatic heterocycles. The summed E-state index contributed by atoms with van der Waals surface area (Å²) in [4.78, 5) is 52.7. The molecule has 1 heterocycles. The lowest BCUT2D eigenvalue weighted by molar-refractivity contribution is -0.125. The number of nitrogens with zero attached hydrogens (tertiary/aromatic N) is 2. The first-order valence-electron chi connectivity index (χ1n) is 9.29. The van der Waals surface area contributed by atoms with Crippen LogP contribution in [0.25, 0.3) is 11.1 Å². The summed E-state index contributed by atoms with van der Waals surface area (Å²) in [5, 5.41) is 0. The molecule has 156 valence electrons. The molecule has 2 aromatic rings. The summed E-state index contributed by atoms with van der Waals surface area (Å²) >= 11 is 0. The summed E-state index contributed by atoms with van der Waals surface area (Å²) in [7, 11) is 3.20. The molecule has 30 heavy (non-hydrogen) atoms. The van der Waals surface area contributed by atoms with Crippen molar-refractivity contribution in [2.24, 2.45) is 0 Å². The molecule has 0 saturated carbocycles. The van der Waals surface area contributed by atoms with Crippen LogP contribution in [0.3, 0.4) is 0 Å².